The van der Waals surface area contributed by atoms with E-state index in [4.69, 9.17) is 10.3 Å². The van der Waals surface area contributed by atoms with E-state index >= 15 is 0 Å². The Morgan fingerprint density at radius 3 is 3.20 bits per heavy atom. The average molecular weight is 227 g/mol. The first-order chi connectivity index (χ1) is 7.29. The van der Waals surface area contributed by atoms with E-state index in [0.29, 0.717) is 12.6 Å². The molecule has 0 aliphatic carbocycles. The zero-order valence-corrected chi connectivity index (χ0v) is 9.80. The molecule has 1 atom stereocenters. The number of hydrogen-bond donors (Lipinski definition) is 1. The highest BCUT2D eigenvalue weighted by Crippen LogP contribution is 2.22. The third-order valence-electron chi connectivity index (χ3n) is 2.75. The van der Waals surface area contributed by atoms with Crippen molar-refractivity contribution in [3.63, 3.8) is 0 Å². The Bertz CT molecular complexity index is 309. The summed E-state index contributed by atoms with van der Waals surface area (Å²) in [4.78, 5) is 2.33. The van der Waals surface area contributed by atoms with Gasteiger partial charge in [0, 0.05) is 24.4 Å². The molecule has 2 rings (SSSR count). The maximum absolute atomic E-state index is 5.48. The predicted octanol–water partition coefficient (Wildman–Crippen LogP) is 1.07. The minimum Gasteiger partial charge on any atom is -0.360 e. The van der Waals surface area contributed by atoms with Crippen LogP contribution in [0.1, 0.15) is 17.9 Å². The summed E-state index contributed by atoms with van der Waals surface area (Å²) in [7, 11) is 2.14. The first-order valence-electron chi connectivity index (χ1n) is 5.22. The first kappa shape index (κ1) is 11.0. The molecule has 4 nitrogen and oxygen atoms in total. The molecule has 0 amide bonds. The van der Waals surface area contributed by atoms with Gasteiger partial charge in [-0.2, -0.15) is 11.8 Å². The molecule has 1 saturated heterocycles. The summed E-state index contributed by atoms with van der Waals surface area (Å²) in [6.07, 6.45) is 1.28. The molecule has 2 heterocycles. The van der Waals surface area contributed by atoms with E-state index in [1.54, 1.807) is 0 Å². The second-order valence-electron chi connectivity index (χ2n) is 3.92. The lowest BCUT2D eigenvalue weighted by molar-refractivity contribution is 0.222. The Hall–Kier alpha value is -0.520. The Labute approximate surface area is 94.2 Å². The van der Waals surface area contributed by atoms with Gasteiger partial charge in [-0.15, -0.1) is 0 Å². The van der Waals surface area contributed by atoms with Crippen molar-refractivity contribution < 1.29 is 4.52 Å². The van der Waals surface area contributed by atoms with Crippen LogP contribution in [0.5, 0.6) is 0 Å². The molecule has 0 radical (unpaired) electrons. The van der Waals surface area contributed by atoms with Crippen LogP contribution in [0.15, 0.2) is 10.6 Å². The number of thioether (sulfide) groups is 1. The molecule has 84 valence electrons. The predicted molar refractivity (Wildman–Crippen MR) is 61.6 cm³/mol. The van der Waals surface area contributed by atoms with Crippen molar-refractivity contribution in [2.45, 2.75) is 25.6 Å². The Morgan fingerprint density at radius 2 is 2.60 bits per heavy atom. The first-order valence-corrected chi connectivity index (χ1v) is 6.37. The van der Waals surface area contributed by atoms with Crippen molar-refractivity contribution in [2.75, 3.05) is 18.6 Å². The minimum atomic E-state index is 0.451. The summed E-state index contributed by atoms with van der Waals surface area (Å²) in [5, 5.41) is 3.88. The lowest BCUT2D eigenvalue weighted by atomic mass is 10.2. The fraction of sp³-hybridized carbons (Fsp3) is 0.700. The van der Waals surface area contributed by atoms with Crippen LogP contribution in [-0.4, -0.2) is 34.7 Å². The second-order valence-corrected chi connectivity index (χ2v) is 5.07. The van der Waals surface area contributed by atoms with Gasteiger partial charge in [0.15, 0.2) is 5.76 Å². The molecular weight excluding hydrogens is 210 g/mol. The summed E-state index contributed by atoms with van der Waals surface area (Å²) in [6, 6.07) is 2.62. The van der Waals surface area contributed by atoms with Crippen molar-refractivity contribution in [3.05, 3.63) is 17.5 Å². The SMILES string of the molecule is CN(Cc1cc(CN)no1)C1CCSC1. The summed E-state index contributed by atoms with van der Waals surface area (Å²) >= 11 is 2.02. The highest BCUT2D eigenvalue weighted by Gasteiger charge is 2.20. The van der Waals surface area contributed by atoms with Crippen LogP contribution in [0.3, 0.4) is 0 Å². The second kappa shape index (κ2) is 5.01. The molecule has 0 saturated carbocycles. The molecule has 15 heavy (non-hydrogen) atoms. The highest BCUT2D eigenvalue weighted by molar-refractivity contribution is 7.99. The number of nitrogens with zero attached hydrogens (tertiary/aromatic N) is 2. The zero-order chi connectivity index (χ0) is 10.7. The maximum atomic E-state index is 5.48. The molecule has 0 spiro atoms. The Morgan fingerprint density at radius 1 is 1.73 bits per heavy atom. The molecule has 1 unspecified atom stereocenters. The third-order valence-corrected chi connectivity index (χ3v) is 3.90. The highest BCUT2D eigenvalue weighted by atomic mass is 32.2. The minimum absolute atomic E-state index is 0.451. The summed E-state index contributed by atoms with van der Waals surface area (Å²) in [5.74, 6) is 3.42. The van der Waals surface area contributed by atoms with Gasteiger partial charge in [0.1, 0.15) is 0 Å². The standard InChI is InChI=1S/C10H17N3OS/c1-13(9-2-3-15-7-9)6-10-4-8(5-11)12-14-10/h4,9H,2-3,5-7,11H2,1H3. The summed E-state index contributed by atoms with van der Waals surface area (Å²) in [5.41, 5.74) is 6.31. The number of hydrogen-bond acceptors (Lipinski definition) is 5. The van der Waals surface area contributed by atoms with Crippen LogP contribution < -0.4 is 5.73 Å². The number of rotatable bonds is 4. The monoisotopic (exact) mass is 227 g/mol. The van der Waals surface area contributed by atoms with Gasteiger partial charge in [-0.3, -0.25) is 4.90 Å². The van der Waals surface area contributed by atoms with E-state index < -0.39 is 0 Å². The van der Waals surface area contributed by atoms with Gasteiger partial charge in [-0.05, 0) is 19.2 Å². The topological polar surface area (TPSA) is 55.3 Å². The van der Waals surface area contributed by atoms with E-state index in [1.807, 2.05) is 17.8 Å². The van der Waals surface area contributed by atoms with Crippen molar-refractivity contribution in [2.24, 2.45) is 5.73 Å². The van der Waals surface area contributed by atoms with Crippen LogP contribution in [0, 0.1) is 0 Å². The molecule has 1 aromatic rings. The third kappa shape index (κ3) is 2.74. The van der Waals surface area contributed by atoms with Crippen LogP contribution in [0.4, 0.5) is 0 Å². The largest absolute Gasteiger partial charge is 0.360 e. The zero-order valence-electron chi connectivity index (χ0n) is 8.98. The average Bonchev–Trinajstić information content (AvgIpc) is 2.87. The fourth-order valence-electron chi connectivity index (χ4n) is 1.77. The Balaban J connectivity index is 1.89. The van der Waals surface area contributed by atoms with Crippen LogP contribution in [0.25, 0.3) is 0 Å². The van der Waals surface area contributed by atoms with E-state index in [2.05, 4.69) is 17.1 Å². The van der Waals surface area contributed by atoms with Gasteiger partial charge in [-0.1, -0.05) is 5.16 Å². The van der Waals surface area contributed by atoms with E-state index in [-0.39, 0.29) is 0 Å². The quantitative estimate of drug-likeness (QED) is 0.834. The Kier molecular flexibility index (Phi) is 3.66. The fourth-order valence-corrected chi connectivity index (χ4v) is 3.07. The molecule has 0 bridgehead atoms. The van der Waals surface area contributed by atoms with Crippen molar-refractivity contribution in [1.29, 1.82) is 0 Å². The van der Waals surface area contributed by atoms with Crippen molar-refractivity contribution >= 4 is 11.8 Å². The van der Waals surface area contributed by atoms with Gasteiger partial charge >= 0.3 is 0 Å². The van der Waals surface area contributed by atoms with Crippen LogP contribution in [-0.2, 0) is 13.1 Å². The molecule has 1 aliphatic heterocycles. The van der Waals surface area contributed by atoms with Gasteiger partial charge < -0.3 is 10.3 Å². The molecule has 1 fully saturated rings. The molecule has 1 aliphatic rings. The molecule has 0 aromatic carbocycles. The van der Waals surface area contributed by atoms with Crippen LogP contribution >= 0.6 is 11.8 Å². The summed E-state index contributed by atoms with van der Waals surface area (Å²) in [6.45, 7) is 1.28. The molecule has 1 aromatic heterocycles. The van der Waals surface area contributed by atoms with Crippen molar-refractivity contribution in [3.8, 4) is 0 Å². The number of nitrogens with two attached hydrogens (primary N) is 1. The van der Waals surface area contributed by atoms with E-state index in [0.717, 1.165) is 18.0 Å². The van der Waals surface area contributed by atoms with Gasteiger partial charge in [0.25, 0.3) is 0 Å². The normalized spacial score (nSPS) is 21.4. The molecule has 2 N–H and O–H groups in total. The lowest BCUT2D eigenvalue weighted by Gasteiger charge is -2.21. The van der Waals surface area contributed by atoms with E-state index in [9.17, 15) is 0 Å². The van der Waals surface area contributed by atoms with Crippen LogP contribution in [0.2, 0.25) is 0 Å². The molecule has 5 heteroatoms. The van der Waals surface area contributed by atoms with Crippen molar-refractivity contribution in [1.82, 2.24) is 10.1 Å². The van der Waals surface area contributed by atoms with Gasteiger partial charge in [-0.25, -0.2) is 0 Å². The van der Waals surface area contributed by atoms with Gasteiger partial charge in [0.05, 0.1) is 12.2 Å². The molecular formula is C10H17N3OS. The van der Waals surface area contributed by atoms with Gasteiger partial charge in [0.2, 0.25) is 0 Å². The van der Waals surface area contributed by atoms with E-state index in [1.165, 1.54) is 17.9 Å². The lowest BCUT2D eigenvalue weighted by Crippen LogP contribution is -2.30. The summed E-state index contributed by atoms with van der Waals surface area (Å²) < 4.78 is 5.21. The number of aromatic nitrogens is 1. The maximum Gasteiger partial charge on any atom is 0.151 e. The smallest absolute Gasteiger partial charge is 0.151 e.